The molecular weight excluding hydrogens is 393 g/mol. The predicted molar refractivity (Wildman–Crippen MR) is 108 cm³/mol. The highest BCUT2D eigenvalue weighted by Gasteiger charge is 2.20. The molecule has 2 aromatic carbocycles. The number of ether oxygens (including phenoxy) is 1. The average Bonchev–Trinajstić information content (AvgIpc) is 3.13. The number of nitrogens with zero attached hydrogens (tertiary/aromatic N) is 4. The van der Waals surface area contributed by atoms with Crippen LogP contribution >= 0.6 is 0 Å². The number of para-hydroxylation sites is 1. The monoisotopic (exact) mass is 409 g/mol. The third-order valence-corrected chi connectivity index (χ3v) is 4.55. The molecule has 0 fully saturated rings. The van der Waals surface area contributed by atoms with Crippen molar-refractivity contribution in [1.29, 1.82) is 0 Å². The predicted octanol–water partition coefficient (Wildman–Crippen LogP) is 3.96. The standard InChI is InChI=1S/C20H16FN5O4/c1-29-19-7-14(21)18(26(27)28)8-16(19)24-20-9-15(22-11-23-20)13-10-25(30-2)17-6-4-3-5-12(13)17/h3-11H,1-2H3,(H,22,23,24). The second kappa shape index (κ2) is 7.66. The topological polar surface area (TPSA) is 104 Å². The molecule has 4 aromatic rings. The van der Waals surface area contributed by atoms with Gasteiger partial charge in [0.2, 0.25) is 5.82 Å². The second-order valence-electron chi connectivity index (χ2n) is 6.24. The van der Waals surface area contributed by atoms with Crippen LogP contribution in [-0.4, -0.2) is 33.8 Å². The first-order valence-electron chi connectivity index (χ1n) is 8.77. The lowest BCUT2D eigenvalue weighted by atomic mass is 10.1. The summed E-state index contributed by atoms with van der Waals surface area (Å²) in [5.74, 6) is -0.527. The Bertz CT molecular complexity index is 1260. The van der Waals surface area contributed by atoms with E-state index in [4.69, 9.17) is 9.57 Å². The molecule has 0 aliphatic heterocycles. The maximum atomic E-state index is 13.9. The number of nitro groups is 1. The Morgan fingerprint density at radius 2 is 1.97 bits per heavy atom. The van der Waals surface area contributed by atoms with Gasteiger partial charge in [0.05, 0.1) is 35.1 Å². The van der Waals surface area contributed by atoms with Gasteiger partial charge in [-0.3, -0.25) is 10.1 Å². The quantitative estimate of drug-likeness (QED) is 0.380. The number of methoxy groups -OCH3 is 1. The number of hydrogen-bond donors (Lipinski definition) is 1. The van der Waals surface area contributed by atoms with E-state index in [1.165, 1.54) is 13.4 Å². The second-order valence-corrected chi connectivity index (χ2v) is 6.24. The summed E-state index contributed by atoms with van der Waals surface area (Å²) in [6.45, 7) is 0. The molecule has 1 N–H and O–H groups in total. The van der Waals surface area contributed by atoms with Gasteiger partial charge in [-0.05, 0) is 6.07 Å². The molecule has 2 aromatic heterocycles. The number of rotatable bonds is 6. The lowest BCUT2D eigenvalue weighted by Crippen LogP contribution is -2.02. The number of aromatic nitrogens is 3. The van der Waals surface area contributed by atoms with Crippen LogP contribution in [0.2, 0.25) is 0 Å². The Labute approximate surface area is 169 Å². The van der Waals surface area contributed by atoms with E-state index in [2.05, 4.69) is 15.3 Å². The zero-order valence-corrected chi connectivity index (χ0v) is 16.0. The van der Waals surface area contributed by atoms with E-state index >= 15 is 0 Å². The highest BCUT2D eigenvalue weighted by molar-refractivity contribution is 5.95. The zero-order chi connectivity index (χ0) is 21.3. The molecule has 0 aliphatic rings. The Kier molecular flexibility index (Phi) is 4.88. The lowest BCUT2D eigenvalue weighted by Gasteiger charge is -2.11. The zero-order valence-electron chi connectivity index (χ0n) is 16.0. The molecule has 10 heteroatoms. The molecule has 0 aliphatic carbocycles. The van der Waals surface area contributed by atoms with Crippen molar-refractivity contribution in [2.24, 2.45) is 0 Å². The maximum Gasteiger partial charge on any atom is 0.307 e. The minimum atomic E-state index is -0.988. The molecule has 9 nitrogen and oxygen atoms in total. The summed E-state index contributed by atoms with van der Waals surface area (Å²) in [5, 5.41) is 14.9. The molecule has 0 radical (unpaired) electrons. The minimum absolute atomic E-state index is 0.106. The Balaban J connectivity index is 1.76. The van der Waals surface area contributed by atoms with Crippen molar-refractivity contribution in [3.8, 4) is 17.0 Å². The fraction of sp³-hybridized carbons (Fsp3) is 0.100. The van der Waals surface area contributed by atoms with Crippen LogP contribution in [0.25, 0.3) is 22.2 Å². The van der Waals surface area contributed by atoms with Crippen molar-refractivity contribution in [2.45, 2.75) is 0 Å². The van der Waals surface area contributed by atoms with Gasteiger partial charge in [-0.1, -0.05) is 18.2 Å². The van der Waals surface area contributed by atoms with Gasteiger partial charge in [0.1, 0.15) is 25.0 Å². The highest BCUT2D eigenvalue weighted by Crippen LogP contribution is 2.35. The summed E-state index contributed by atoms with van der Waals surface area (Å²) in [6.07, 6.45) is 3.17. The van der Waals surface area contributed by atoms with Crippen LogP contribution in [0.4, 0.5) is 21.6 Å². The third-order valence-electron chi connectivity index (χ3n) is 4.55. The van der Waals surface area contributed by atoms with Crippen LogP contribution in [0.15, 0.2) is 55.0 Å². The van der Waals surface area contributed by atoms with E-state index in [0.29, 0.717) is 11.5 Å². The summed E-state index contributed by atoms with van der Waals surface area (Å²) >= 11 is 0. The summed E-state index contributed by atoms with van der Waals surface area (Å²) in [7, 11) is 2.91. The smallest absolute Gasteiger partial charge is 0.307 e. The molecule has 2 heterocycles. The first-order chi connectivity index (χ1) is 14.5. The molecule has 0 saturated carbocycles. The number of benzene rings is 2. The van der Waals surface area contributed by atoms with Crippen molar-refractivity contribution in [1.82, 2.24) is 14.7 Å². The van der Waals surface area contributed by atoms with Crippen LogP contribution in [0.1, 0.15) is 0 Å². The van der Waals surface area contributed by atoms with Crippen LogP contribution in [0, 0.1) is 15.9 Å². The van der Waals surface area contributed by atoms with Gasteiger partial charge in [0.25, 0.3) is 0 Å². The van der Waals surface area contributed by atoms with Crippen LogP contribution in [-0.2, 0) is 0 Å². The number of fused-ring (bicyclic) bond motifs is 1. The summed E-state index contributed by atoms with van der Waals surface area (Å²) in [4.78, 5) is 24.1. The SMILES string of the molecule is COc1cc(F)c([N+](=O)[O-])cc1Nc1cc(-c2cn(OC)c3ccccc23)ncn1. The van der Waals surface area contributed by atoms with Crippen LogP contribution < -0.4 is 14.9 Å². The minimum Gasteiger partial charge on any atom is -0.494 e. The van der Waals surface area contributed by atoms with Gasteiger partial charge in [-0.2, -0.15) is 9.12 Å². The average molecular weight is 409 g/mol. The van der Waals surface area contributed by atoms with Gasteiger partial charge in [0, 0.05) is 29.1 Å². The summed E-state index contributed by atoms with van der Waals surface area (Å²) < 4.78 is 20.7. The molecule has 0 unspecified atom stereocenters. The first kappa shape index (κ1) is 19.1. The van der Waals surface area contributed by atoms with Gasteiger partial charge in [0.15, 0.2) is 0 Å². The van der Waals surface area contributed by atoms with E-state index in [1.807, 2.05) is 24.3 Å². The van der Waals surface area contributed by atoms with Gasteiger partial charge in [-0.25, -0.2) is 9.97 Å². The molecule has 0 spiro atoms. The lowest BCUT2D eigenvalue weighted by molar-refractivity contribution is -0.387. The first-order valence-corrected chi connectivity index (χ1v) is 8.77. The Hall–Kier alpha value is -4.21. The Morgan fingerprint density at radius 1 is 1.17 bits per heavy atom. The Morgan fingerprint density at radius 3 is 2.70 bits per heavy atom. The number of anilines is 2. The highest BCUT2D eigenvalue weighted by atomic mass is 19.1. The van der Waals surface area contributed by atoms with E-state index in [-0.39, 0.29) is 11.4 Å². The normalized spacial score (nSPS) is 10.8. The third kappa shape index (κ3) is 3.34. The van der Waals surface area contributed by atoms with E-state index < -0.39 is 16.4 Å². The van der Waals surface area contributed by atoms with E-state index in [0.717, 1.165) is 28.6 Å². The van der Waals surface area contributed by atoms with Crippen molar-refractivity contribution >= 4 is 28.1 Å². The molecule has 0 bridgehead atoms. The van der Waals surface area contributed by atoms with Crippen LogP contribution in [0.3, 0.4) is 0 Å². The molecular formula is C20H16FN5O4. The van der Waals surface area contributed by atoms with E-state index in [1.54, 1.807) is 24.1 Å². The largest absolute Gasteiger partial charge is 0.494 e. The molecule has 152 valence electrons. The van der Waals surface area contributed by atoms with Gasteiger partial charge >= 0.3 is 5.69 Å². The number of nitrogens with one attached hydrogen (secondary N) is 1. The molecule has 30 heavy (non-hydrogen) atoms. The summed E-state index contributed by atoms with van der Waals surface area (Å²) in [5.41, 5.74) is 1.83. The van der Waals surface area contributed by atoms with E-state index in [9.17, 15) is 14.5 Å². The van der Waals surface area contributed by atoms with Crippen molar-refractivity contribution in [2.75, 3.05) is 19.5 Å². The fourth-order valence-corrected chi connectivity index (χ4v) is 3.17. The molecule has 0 atom stereocenters. The summed E-state index contributed by atoms with van der Waals surface area (Å²) in [6, 6.07) is 11.4. The fourth-order valence-electron chi connectivity index (χ4n) is 3.17. The maximum absolute atomic E-state index is 13.9. The number of halogens is 1. The number of nitro benzene ring substituents is 1. The molecule has 0 saturated heterocycles. The van der Waals surface area contributed by atoms with Crippen molar-refractivity contribution < 1.29 is 18.9 Å². The van der Waals surface area contributed by atoms with Gasteiger partial charge in [-0.15, -0.1) is 0 Å². The molecule has 4 rings (SSSR count). The molecule has 0 amide bonds. The van der Waals surface area contributed by atoms with Crippen LogP contribution in [0.5, 0.6) is 5.75 Å². The van der Waals surface area contributed by atoms with Crippen molar-refractivity contribution in [3.63, 3.8) is 0 Å². The number of hydrogen-bond acceptors (Lipinski definition) is 7. The van der Waals surface area contributed by atoms with Gasteiger partial charge < -0.3 is 14.9 Å². The van der Waals surface area contributed by atoms with Crippen molar-refractivity contribution in [3.05, 3.63) is 70.9 Å².